The Balaban J connectivity index is 1.45. The standard InChI is InChI=1S/C25H29F2N7/c1-5-33-9-8-20-16(13-33)6-7-22(30-20)31-25-28-12-19(27)23(32-25)17-10-18(26)24-21(11-17)34(14(2)3)15(4)29-24/h6-7,10-12,14-15,29H,5,8-9,13H2,1-4H3,(H,28,30,31,32). The zero-order valence-corrected chi connectivity index (χ0v) is 19.9. The van der Waals surface area contributed by atoms with Crippen molar-refractivity contribution in [3.05, 3.63) is 53.4 Å². The first-order chi connectivity index (χ1) is 16.3. The second-order valence-electron chi connectivity index (χ2n) is 9.11. The van der Waals surface area contributed by atoms with Gasteiger partial charge in [0.25, 0.3) is 0 Å². The Morgan fingerprint density at radius 3 is 2.76 bits per heavy atom. The monoisotopic (exact) mass is 465 g/mol. The molecule has 0 fully saturated rings. The van der Waals surface area contributed by atoms with E-state index in [0.717, 1.165) is 37.9 Å². The fourth-order valence-corrected chi connectivity index (χ4v) is 4.85. The van der Waals surface area contributed by atoms with Gasteiger partial charge in [0, 0.05) is 36.8 Å². The number of rotatable bonds is 5. The third-order valence-electron chi connectivity index (χ3n) is 6.51. The lowest BCUT2D eigenvalue weighted by Gasteiger charge is -2.28. The van der Waals surface area contributed by atoms with E-state index in [2.05, 4.69) is 43.4 Å². The summed E-state index contributed by atoms with van der Waals surface area (Å²) in [5.41, 5.74) is 3.79. The zero-order valence-electron chi connectivity index (χ0n) is 19.9. The van der Waals surface area contributed by atoms with Crippen LogP contribution in [0.25, 0.3) is 11.3 Å². The number of nitrogens with one attached hydrogen (secondary N) is 2. The largest absolute Gasteiger partial charge is 0.361 e. The van der Waals surface area contributed by atoms with Crippen molar-refractivity contribution in [3.8, 4) is 11.3 Å². The average Bonchev–Trinajstić information content (AvgIpc) is 3.16. The molecule has 0 saturated heterocycles. The van der Waals surface area contributed by atoms with E-state index in [1.165, 1.54) is 11.6 Å². The molecule has 0 spiro atoms. The summed E-state index contributed by atoms with van der Waals surface area (Å²) in [6, 6.07) is 7.18. The average molecular weight is 466 g/mol. The summed E-state index contributed by atoms with van der Waals surface area (Å²) >= 11 is 0. The molecule has 2 N–H and O–H groups in total. The first kappa shape index (κ1) is 22.5. The van der Waals surface area contributed by atoms with Crippen molar-refractivity contribution in [3.63, 3.8) is 0 Å². The minimum Gasteiger partial charge on any atom is -0.361 e. The van der Waals surface area contributed by atoms with Gasteiger partial charge in [-0.3, -0.25) is 4.90 Å². The number of hydrogen-bond acceptors (Lipinski definition) is 7. The highest BCUT2D eigenvalue weighted by atomic mass is 19.1. The highest BCUT2D eigenvalue weighted by molar-refractivity contribution is 5.82. The van der Waals surface area contributed by atoms with E-state index in [0.29, 0.717) is 22.8 Å². The fourth-order valence-electron chi connectivity index (χ4n) is 4.85. The number of aromatic nitrogens is 3. The van der Waals surface area contributed by atoms with Crippen LogP contribution < -0.4 is 15.5 Å². The third-order valence-corrected chi connectivity index (χ3v) is 6.51. The number of fused-ring (bicyclic) bond motifs is 2. The maximum atomic E-state index is 15.0. The Morgan fingerprint density at radius 2 is 2.00 bits per heavy atom. The number of anilines is 4. The normalized spacial score (nSPS) is 17.5. The number of benzene rings is 1. The summed E-state index contributed by atoms with van der Waals surface area (Å²) < 4.78 is 29.7. The van der Waals surface area contributed by atoms with Crippen LogP contribution in [0.15, 0.2) is 30.5 Å². The van der Waals surface area contributed by atoms with Crippen molar-refractivity contribution in [2.45, 2.75) is 52.9 Å². The lowest BCUT2D eigenvalue weighted by molar-refractivity contribution is 0.266. The van der Waals surface area contributed by atoms with Gasteiger partial charge in [-0.2, -0.15) is 0 Å². The van der Waals surface area contributed by atoms with Crippen molar-refractivity contribution >= 4 is 23.1 Å². The van der Waals surface area contributed by atoms with Gasteiger partial charge in [0.05, 0.1) is 23.7 Å². The van der Waals surface area contributed by atoms with E-state index in [1.54, 1.807) is 6.07 Å². The van der Waals surface area contributed by atoms with E-state index >= 15 is 0 Å². The predicted molar refractivity (Wildman–Crippen MR) is 130 cm³/mol. The van der Waals surface area contributed by atoms with E-state index < -0.39 is 11.6 Å². The van der Waals surface area contributed by atoms with E-state index in [4.69, 9.17) is 4.98 Å². The molecule has 0 amide bonds. The van der Waals surface area contributed by atoms with Gasteiger partial charge in [0.2, 0.25) is 5.95 Å². The first-order valence-corrected chi connectivity index (χ1v) is 11.7. The van der Waals surface area contributed by atoms with Crippen molar-refractivity contribution in [2.24, 2.45) is 0 Å². The summed E-state index contributed by atoms with van der Waals surface area (Å²) in [7, 11) is 0. The molecule has 0 radical (unpaired) electrons. The molecule has 4 heterocycles. The summed E-state index contributed by atoms with van der Waals surface area (Å²) in [5.74, 6) is -0.237. The van der Waals surface area contributed by atoms with Gasteiger partial charge in [-0.25, -0.2) is 23.7 Å². The third kappa shape index (κ3) is 4.04. The molecule has 2 aromatic heterocycles. The van der Waals surface area contributed by atoms with Crippen molar-refractivity contribution in [1.82, 2.24) is 19.9 Å². The maximum absolute atomic E-state index is 15.0. The van der Waals surface area contributed by atoms with Crippen LogP contribution >= 0.6 is 0 Å². The molecule has 9 heteroatoms. The lowest BCUT2D eigenvalue weighted by Crippen LogP contribution is -2.38. The fraction of sp³-hybridized carbons (Fsp3) is 0.400. The Kier molecular flexibility index (Phi) is 5.81. The number of nitrogens with zero attached hydrogens (tertiary/aromatic N) is 5. The van der Waals surface area contributed by atoms with Gasteiger partial charge in [0.15, 0.2) is 5.82 Å². The lowest BCUT2D eigenvalue weighted by atomic mass is 10.1. The number of halogens is 2. The van der Waals surface area contributed by atoms with Crippen molar-refractivity contribution in [2.75, 3.05) is 28.6 Å². The number of likely N-dealkylation sites (N-methyl/N-ethyl adjacent to an activating group) is 1. The minimum absolute atomic E-state index is 0.0407. The SMILES string of the molecule is CCN1CCc2nc(Nc3ncc(F)c(-c4cc(F)c5c(c4)N(C(C)C)C(C)N5)n3)ccc2C1. The molecule has 0 aliphatic carbocycles. The molecule has 0 bridgehead atoms. The molecule has 1 atom stereocenters. The Hall–Kier alpha value is -3.33. The molecule has 3 aromatic rings. The van der Waals surface area contributed by atoms with Crippen LogP contribution in [0.5, 0.6) is 0 Å². The van der Waals surface area contributed by atoms with Gasteiger partial charge in [-0.15, -0.1) is 0 Å². The first-order valence-electron chi connectivity index (χ1n) is 11.7. The molecule has 2 aliphatic heterocycles. The Bertz CT molecular complexity index is 1230. The van der Waals surface area contributed by atoms with Gasteiger partial charge >= 0.3 is 0 Å². The Morgan fingerprint density at radius 1 is 1.18 bits per heavy atom. The van der Waals surface area contributed by atoms with Crippen LogP contribution in [-0.2, 0) is 13.0 Å². The van der Waals surface area contributed by atoms with Gasteiger partial charge in [-0.1, -0.05) is 13.0 Å². The quantitative estimate of drug-likeness (QED) is 0.554. The van der Waals surface area contributed by atoms with E-state index in [-0.39, 0.29) is 23.8 Å². The van der Waals surface area contributed by atoms with Crippen LogP contribution in [0.4, 0.5) is 31.9 Å². The summed E-state index contributed by atoms with van der Waals surface area (Å²) in [5, 5.41) is 6.25. The molecule has 178 valence electrons. The minimum atomic E-state index is -0.613. The maximum Gasteiger partial charge on any atom is 0.229 e. The summed E-state index contributed by atoms with van der Waals surface area (Å²) in [6.07, 6.45) is 1.92. The molecule has 1 unspecified atom stereocenters. The number of pyridine rings is 1. The summed E-state index contributed by atoms with van der Waals surface area (Å²) in [4.78, 5) is 17.6. The van der Waals surface area contributed by atoms with Crippen molar-refractivity contribution in [1.29, 1.82) is 0 Å². The molecule has 2 aliphatic rings. The molecule has 1 aromatic carbocycles. The number of hydrogen-bond donors (Lipinski definition) is 2. The highest BCUT2D eigenvalue weighted by Crippen LogP contribution is 2.41. The summed E-state index contributed by atoms with van der Waals surface area (Å²) in [6.45, 7) is 11.1. The van der Waals surface area contributed by atoms with Crippen LogP contribution in [0, 0.1) is 11.6 Å². The topological polar surface area (TPSA) is 69.2 Å². The van der Waals surface area contributed by atoms with Gasteiger partial charge in [0.1, 0.15) is 17.3 Å². The molecule has 0 saturated carbocycles. The van der Waals surface area contributed by atoms with Crippen molar-refractivity contribution < 1.29 is 8.78 Å². The Labute approximate surface area is 198 Å². The second kappa shape index (κ2) is 8.79. The molecule has 34 heavy (non-hydrogen) atoms. The van der Waals surface area contributed by atoms with E-state index in [9.17, 15) is 8.78 Å². The van der Waals surface area contributed by atoms with Crippen LogP contribution in [0.2, 0.25) is 0 Å². The van der Waals surface area contributed by atoms with Gasteiger partial charge in [-0.05, 0) is 51.1 Å². The molecule has 7 nitrogen and oxygen atoms in total. The molecule has 5 rings (SSSR count). The van der Waals surface area contributed by atoms with Crippen LogP contribution in [-0.4, -0.2) is 45.1 Å². The second-order valence-corrected chi connectivity index (χ2v) is 9.11. The van der Waals surface area contributed by atoms with E-state index in [1.807, 2.05) is 26.8 Å². The highest BCUT2D eigenvalue weighted by Gasteiger charge is 2.31. The molecular formula is C25H29F2N7. The zero-order chi connectivity index (χ0) is 24.0. The van der Waals surface area contributed by atoms with Crippen LogP contribution in [0.3, 0.4) is 0 Å². The smallest absolute Gasteiger partial charge is 0.229 e. The van der Waals surface area contributed by atoms with Gasteiger partial charge < -0.3 is 15.5 Å². The molecular weight excluding hydrogens is 436 g/mol. The van der Waals surface area contributed by atoms with Crippen LogP contribution in [0.1, 0.15) is 39.0 Å². The predicted octanol–water partition coefficient (Wildman–Crippen LogP) is 4.92.